The van der Waals surface area contributed by atoms with Gasteiger partial charge in [-0.2, -0.15) is 0 Å². The maximum absolute atomic E-state index is 12.5. The van der Waals surface area contributed by atoms with Crippen LogP contribution in [0.4, 0.5) is 0 Å². The Morgan fingerprint density at radius 3 is 2.74 bits per heavy atom. The number of piperidine rings is 1. The van der Waals surface area contributed by atoms with E-state index in [-0.39, 0.29) is 24.3 Å². The van der Waals surface area contributed by atoms with Gasteiger partial charge >= 0.3 is 0 Å². The van der Waals surface area contributed by atoms with Crippen molar-refractivity contribution in [2.24, 2.45) is 0 Å². The Morgan fingerprint density at radius 2 is 1.95 bits per heavy atom. The van der Waals surface area contributed by atoms with Gasteiger partial charge in [0, 0.05) is 25.6 Å². The zero-order valence-corrected chi connectivity index (χ0v) is 21.5. The number of pyridine rings is 1. The Balaban J connectivity index is 1.29. The molecule has 2 unspecified atom stereocenters. The lowest BCUT2D eigenvalue weighted by atomic mass is 10.0. The van der Waals surface area contributed by atoms with Gasteiger partial charge in [0.1, 0.15) is 6.23 Å². The first kappa shape index (κ1) is 24.5. The van der Waals surface area contributed by atoms with Crippen LogP contribution in [0, 0.1) is 0 Å². The lowest BCUT2D eigenvalue weighted by Crippen LogP contribution is -2.51. The highest BCUT2D eigenvalue weighted by molar-refractivity contribution is 6.00. The highest BCUT2D eigenvalue weighted by atomic mass is 16.3. The highest BCUT2D eigenvalue weighted by Crippen LogP contribution is 2.37. The molecule has 2 N–H and O–H groups in total. The molecule has 2 aromatic heterocycles. The van der Waals surface area contributed by atoms with Crippen LogP contribution in [0.2, 0.25) is 0 Å². The van der Waals surface area contributed by atoms with E-state index in [0.717, 1.165) is 34.4 Å². The number of carbonyl (C=O) groups excluding carboxylic acids is 2. The number of nitrogens with zero attached hydrogens (tertiary/aromatic N) is 4. The fraction of sp³-hybridized carbons (Fsp3) is 0.300. The number of imidazole rings is 1. The summed E-state index contributed by atoms with van der Waals surface area (Å²) < 4.78 is 2.08. The molecule has 4 aromatic rings. The molecule has 0 radical (unpaired) electrons. The minimum atomic E-state index is -0.879. The van der Waals surface area contributed by atoms with Gasteiger partial charge in [0.05, 0.1) is 29.8 Å². The number of fused-ring (bicyclic) bond motifs is 2. The lowest BCUT2D eigenvalue weighted by Gasteiger charge is -2.31. The van der Waals surface area contributed by atoms with E-state index in [2.05, 4.69) is 76.0 Å². The zero-order valence-electron chi connectivity index (χ0n) is 21.5. The molecule has 2 aliphatic rings. The molecule has 1 fully saturated rings. The van der Waals surface area contributed by atoms with Gasteiger partial charge in [-0.15, -0.1) is 0 Å². The summed E-state index contributed by atoms with van der Waals surface area (Å²) in [5.74, 6) is -0.595. The van der Waals surface area contributed by atoms with Crippen LogP contribution in [-0.2, 0) is 22.7 Å². The number of carbonyl (C=O) groups is 2. The van der Waals surface area contributed by atoms with E-state index in [0.29, 0.717) is 13.0 Å². The lowest BCUT2D eigenvalue weighted by molar-refractivity contribution is -0.141. The van der Waals surface area contributed by atoms with Crippen LogP contribution in [-0.4, -0.2) is 49.2 Å². The van der Waals surface area contributed by atoms with E-state index in [4.69, 9.17) is 0 Å². The minimum absolute atomic E-state index is 0.257. The van der Waals surface area contributed by atoms with Crippen LogP contribution in [0.3, 0.4) is 0 Å². The third kappa shape index (κ3) is 4.41. The third-order valence-electron chi connectivity index (χ3n) is 7.95. The first-order chi connectivity index (χ1) is 18.4. The van der Waals surface area contributed by atoms with Crippen molar-refractivity contribution in [3.8, 4) is 11.3 Å². The zero-order chi connectivity index (χ0) is 26.4. The summed E-state index contributed by atoms with van der Waals surface area (Å²) >= 11 is 0. The molecule has 0 aliphatic carbocycles. The molecule has 0 saturated carbocycles. The quantitative estimate of drug-likeness (QED) is 0.384. The number of imide groups is 1. The van der Waals surface area contributed by atoms with E-state index in [9.17, 15) is 14.7 Å². The normalized spacial score (nSPS) is 20.6. The van der Waals surface area contributed by atoms with Crippen molar-refractivity contribution in [2.75, 3.05) is 7.05 Å². The van der Waals surface area contributed by atoms with Crippen LogP contribution >= 0.6 is 0 Å². The summed E-state index contributed by atoms with van der Waals surface area (Å²) in [6.07, 6.45) is 3.51. The van der Waals surface area contributed by atoms with Crippen molar-refractivity contribution >= 4 is 17.3 Å². The Hall–Kier alpha value is -3.85. The number of aromatic nitrogens is 2. The first-order valence-corrected chi connectivity index (χ1v) is 13.0. The number of benzene rings is 2. The Bertz CT molecular complexity index is 1520. The van der Waals surface area contributed by atoms with Gasteiger partial charge in [-0.3, -0.25) is 29.1 Å². The molecule has 3 atom stereocenters. The average Bonchev–Trinajstić information content (AvgIpc) is 3.52. The summed E-state index contributed by atoms with van der Waals surface area (Å²) in [6.45, 7) is 3.44. The maximum Gasteiger partial charge on any atom is 0.244 e. The second-order valence-corrected chi connectivity index (χ2v) is 10.4. The molecule has 2 aromatic carbocycles. The Labute approximate surface area is 221 Å². The number of nitrogens with one attached hydrogen (secondary N) is 1. The fourth-order valence-corrected chi connectivity index (χ4v) is 5.71. The van der Waals surface area contributed by atoms with E-state index in [1.807, 2.05) is 30.7 Å². The number of aliphatic hydroxyl groups excluding tert-OH is 1. The van der Waals surface area contributed by atoms with Gasteiger partial charge in [0.25, 0.3) is 0 Å². The summed E-state index contributed by atoms with van der Waals surface area (Å²) in [6, 6.07) is 20.7. The molecular weight excluding hydrogens is 478 g/mol. The summed E-state index contributed by atoms with van der Waals surface area (Å²) in [5.41, 5.74) is 7.30. The molecule has 1 saturated heterocycles. The van der Waals surface area contributed by atoms with Gasteiger partial charge in [-0.25, -0.2) is 4.98 Å². The van der Waals surface area contributed by atoms with Crippen molar-refractivity contribution < 1.29 is 14.7 Å². The molecule has 38 heavy (non-hydrogen) atoms. The number of hydrogen-bond donors (Lipinski definition) is 2. The SMILES string of the molecule is C[C@H](c1ccccc1)N(C)Cc1cc(-c2ccc3c(c2)CN(C2CCC(=O)NC2=O)C3O)n2cncc2c1. The molecule has 2 amide bonds. The van der Waals surface area contributed by atoms with Crippen molar-refractivity contribution in [1.82, 2.24) is 24.5 Å². The molecule has 6 rings (SSSR count). The first-order valence-electron chi connectivity index (χ1n) is 13.0. The molecule has 0 bridgehead atoms. The van der Waals surface area contributed by atoms with Gasteiger partial charge in [0.15, 0.2) is 0 Å². The third-order valence-corrected chi connectivity index (χ3v) is 7.95. The number of rotatable bonds is 6. The van der Waals surface area contributed by atoms with Gasteiger partial charge in [0.2, 0.25) is 11.8 Å². The number of aliphatic hydroxyl groups is 1. The monoisotopic (exact) mass is 509 g/mol. The molecule has 8 nitrogen and oxygen atoms in total. The molecule has 8 heteroatoms. The van der Waals surface area contributed by atoms with Crippen LogP contribution in [0.5, 0.6) is 0 Å². The van der Waals surface area contributed by atoms with Gasteiger partial charge in [-0.1, -0.05) is 42.5 Å². The number of amides is 2. The fourth-order valence-electron chi connectivity index (χ4n) is 5.71. The van der Waals surface area contributed by atoms with E-state index in [1.165, 1.54) is 11.1 Å². The van der Waals surface area contributed by atoms with Crippen molar-refractivity contribution in [3.05, 3.63) is 95.4 Å². The van der Waals surface area contributed by atoms with Crippen LogP contribution in [0.1, 0.15) is 54.3 Å². The number of hydrogen-bond acceptors (Lipinski definition) is 6. The second kappa shape index (κ2) is 9.79. The molecule has 2 aliphatic heterocycles. The summed E-state index contributed by atoms with van der Waals surface area (Å²) in [5, 5.41) is 13.4. The highest BCUT2D eigenvalue weighted by Gasteiger charge is 2.39. The van der Waals surface area contributed by atoms with Gasteiger partial charge in [-0.05, 0) is 66.4 Å². The van der Waals surface area contributed by atoms with Crippen molar-refractivity contribution in [3.63, 3.8) is 0 Å². The Morgan fingerprint density at radius 1 is 1.13 bits per heavy atom. The standard InChI is InChI=1S/C30H31N5O3/c1-19(21-6-4-3-5-7-21)33(2)16-20-12-24-15-31-18-35(24)27(13-20)22-8-9-25-23(14-22)17-34(30(25)38)26-10-11-28(36)32-29(26)37/h3-9,12-15,18-19,26,30,38H,10-11,16-17H2,1-2H3,(H,32,36,37)/t19-,26?,30?/m1/s1. The molecular formula is C30H31N5O3. The molecule has 0 spiro atoms. The molecule has 4 heterocycles. The predicted molar refractivity (Wildman–Crippen MR) is 144 cm³/mol. The smallest absolute Gasteiger partial charge is 0.244 e. The minimum Gasteiger partial charge on any atom is -0.374 e. The predicted octanol–water partition coefficient (Wildman–Crippen LogP) is 3.81. The largest absolute Gasteiger partial charge is 0.374 e. The van der Waals surface area contributed by atoms with Crippen LogP contribution < -0.4 is 5.32 Å². The van der Waals surface area contributed by atoms with Gasteiger partial charge < -0.3 is 5.11 Å². The van der Waals surface area contributed by atoms with Crippen molar-refractivity contribution in [1.29, 1.82) is 0 Å². The topological polar surface area (TPSA) is 90.2 Å². The van der Waals surface area contributed by atoms with Crippen LogP contribution in [0.15, 0.2) is 73.2 Å². The molecule has 194 valence electrons. The van der Waals surface area contributed by atoms with Crippen LogP contribution in [0.25, 0.3) is 16.8 Å². The van der Waals surface area contributed by atoms with E-state index < -0.39 is 12.3 Å². The average molecular weight is 510 g/mol. The summed E-state index contributed by atoms with van der Waals surface area (Å²) in [4.78, 5) is 32.6. The van der Waals surface area contributed by atoms with Crippen molar-refractivity contribution in [2.45, 2.75) is 51.2 Å². The van der Waals surface area contributed by atoms with E-state index >= 15 is 0 Å². The maximum atomic E-state index is 12.5. The van der Waals surface area contributed by atoms with E-state index in [1.54, 1.807) is 4.90 Å². The Kier molecular flexibility index (Phi) is 6.31. The second-order valence-electron chi connectivity index (χ2n) is 10.4. The summed E-state index contributed by atoms with van der Waals surface area (Å²) in [7, 11) is 2.14.